The maximum Gasteiger partial charge on any atom is 0.226 e. The molecule has 2 heteroatoms. The minimum atomic E-state index is 0.148. The van der Waals surface area contributed by atoms with Crippen LogP contribution in [0.4, 0.5) is 0 Å². The summed E-state index contributed by atoms with van der Waals surface area (Å²) in [4.78, 5) is 13.3. The number of nitrogens with zero attached hydrogens (tertiary/aromatic N) is 1. The van der Waals surface area contributed by atoms with Gasteiger partial charge in [-0.1, -0.05) is 59.4 Å². The van der Waals surface area contributed by atoms with Gasteiger partial charge in [-0.15, -0.1) is 0 Å². The maximum atomic E-state index is 11.5. The van der Waals surface area contributed by atoms with E-state index in [1.54, 1.807) is 11.0 Å². The number of allylic oxidation sites excluding steroid dienone is 4. The molecule has 0 aromatic carbocycles. The van der Waals surface area contributed by atoms with Gasteiger partial charge in [0.2, 0.25) is 5.91 Å². The largest absolute Gasteiger partial charge is 0.313 e. The molecule has 18 heavy (non-hydrogen) atoms. The fourth-order valence-electron chi connectivity index (χ4n) is 1.20. The highest BCUT2D eigenvalue weighted by Crippen LogP contribution is 2.08. The molecule has 0 aromatic rings. The fraction of sp³-hybridized carbons (Fsp3) is 0.562. The molecule has 0 fully saturated rings. The van der Waals surface area contributed by atoms with Crippen LogP contribution in [-0.4, -0.2) is 17.4 Å². The Labute approximate surface area is 114 Å². The molecular formula is C16H31NO. The molecular weight excluding hydrogens is 222 g/mol. The van der Waals surface area contributed by atoms with Gasteiger partial charge in [-0.2, -0.15) is 0 Å². The summed E-state index contributed by atoms with van der Waals surface area (Å²) in [7, 11) is 0. The van der Waals surface area contributed by atoms with Crippen LogP contribution in [0.25, 0.3) is 0 Å². The number of hydrogen-bond donors (Lipinski definition) is 0. The average Bonchev–Trinajstić information content (AvgIpc) is 2.47. The van der Waals surface area contributed by atoms with Gasteiger partial charge in [0.1, 0.15) is 0 Å². The first-order valence-electron chi connectivity index (χ1n) is 6.96. The van der Waals surface area contributed by atoms with E-state index >= 15 is 0 Å². The summed E-state index contributed by atoms with van der Waals surface area (Å²) in [6.07, 6.45) is 7.89. The standard InChI is InChI=1S/C12H19NO.2C2H6/c1-5-9-10-11(6-2)13(8-4)12(14)7-3;2*1-2/h5-6,9-10H,1,7-8H2,2-4H3;2*1-2H3/b10-9-,11-6+;;. The molecule has 0 radical (unpaired) electrons. The van der Waals surface area contributed by atoms with Gasteiger partial charge in [-0.3, -0.25) is 4.79 Å². The Bertz CT molecular complexity index is 252. The Morgan fingerprint density at radius 3 is 1.94 bits per heavy atom. The predicted molar refractivity (Wildman–Crippen MR) is 83.5 cm³/mol. The van der Waals surface area contributed by atoms with Crippen molar-refractivity contribution in [1.82, 2.24) is 4.90 Å². The fourth-order valence-corrected chi connectivity index (χ4v) is 1.20. The van der Waals surface area contributed by atoms with Crippen molar-refractivity contribution in [2.75, 3.05) is 6.54 Å². The lowest BCUT2D eigenvalue weighted by molar-refractivity contribution is -0.128. The highest BCUT2D eigenvalue weighted by molar-refractivity contribution is 5.78. The number of carbonyl (C=O) groups excluding carboxylic acids is 1. The van der Waals surface area contributed by atoms with Crippen LogP contribution in [0.1, 0.15) is 54.9 Å². The highest BCUT2D eigenvalue weighted by atomic mass is 16.2. The molecule has 0 unspecified atom stereocenters. The van der Waals surface area contributed by atoms with Crippen molar-refractivity contribution in [1.29, 1.82) is 0 Å². The van der Waals surface area contributed by atoms with Gasteiger partial charge >= 0.3 is 0 Å². The molecule has 2 nitrogen and oxygen atoms in total. The van der Waals surface area contributed by atoms with E-state index in [1.807, 2.05) is 66.7 Å². The van der Waals surface area contributed by atoms with Gasteiger partial charge in [-0.25, -0.2) is 0 Å². The van der Waals surface area contributed by atoms with Crippen molar-refractivity contribution >= 4 is 5.91 Å². The molecule has 0 heterocycles. The maximum absolute atomic E-state index is 11.5. The molecule has 1 amide bonds. The first-order chi connectivity index (χ1) is 8.71. The molecule has 0 aromatic heterocycles. The van der Waals surface area contributed by atoms with E-state index in [1.165, 1.54) is 0 Å². The van der Waals surface area contributed by atoms with E-state index in [4.69, 9.17) is 0 Å². The van der Waals surface area contributed by atoms with E-state index in [9.17, 15) is 4.79 Å². The predicted octanol–water partition coefficient (Wildman–Crippen LogP) is 4.94. The Morgan fingerprint density at radius 2 is 1.67 bits per heavy atom. The van der Waals surface area contributed by atoms with Crippen LogP contribution in [-0.2, 0) is 4.79 Å². The topological polar surface area (TPSA) is 20.3 Å². The van der Waals surface area contributed by atoms with Crippen LogP contribution in [0, 0.1) is 0 Å². The number of carbonyl (C=O) groups is 1. The molecule has 0 saturated carbocycles. The molecule has 0 rings (SSSR count). The number of rotatable bonds is 5. The molecule has 106 valence electrons. The van der Waals surface area contributed by atoms with E-state index in [0.717, 1.165) is 5.70 Å². The van der Waals surface area contributed by atoms with E-state index < -0.39 is 0 Å². The van der Waals surface area contributed by atoms with Crippen LogP contribution in [0.3, 0.4) is 0 Å². The summed E-state index contributed by atoms with van der Waals surface area (Å²) in [5.74, 6) is 0.148. The summed E-state index contributed by atoms with van der Waals surface area (Å²) in [6, 6.07) is 0. The van der Waals surface area contributed by atoms with Crippen molar-refractivity contribution in [3.05, 3.63) is 36.6 Å². The smallest absolute Gasteiger partial charge is 0.226 e. The van der Waals surface area contributed by atoms with Crippen LogP contribution in [0.2, 0.25) is 0 Å². The zero-order chi connectivity index (χ0) is 15.0. The first kappa shape index (κ1) is 21.9. The lowest BCUT2D eigenvalue weighted by Gasteiger charge is -2.21. The molecule has 0 saturated heterocycles. The Morgan fingerprint density at radius 1 is 1.17 bits per heavy atom. The lowest BCUT2D eigenvalue weighted by Crippen LogP contribution is -2.28. The third-order valence-corrected chi connectivity index (χ3v) is 1.93. The van der Waals surface area contributed by atoms with Gasteiger partial charge in [0.25, 0.3) is 0 Å². The summed E-state index contributed by atoms with van der Waals surface area (Å²) in [6.45, 7) is 18.1. The Kier molecular flexibility index (Phi) is 22.0. The SMILES string of the molecule is C=C/C=C\C(=C/C)N(CC)C(=O)CC.CC.CC. The molecule has 0 bridgehead atoms. The highest BCUT2D eigenvalue weighted by Gasteiger charge is 2.10. The number of amides is 1. The van der Waals surface area contributed by atoms with Gasteiger partial charge in [-0.05, 0) is 19.9 Å². The van der Waals surface area contributed by atoms with Gasteiger partial charge in [0.15, 0.2) is 0 Å². The third kappa shape index (κ3) is 9.88. The Balaban J connectivity index is -0.000000506. The van der Waals surface area contributed by atoms with E-state index in [2.05, 4.69) is 6.58 Å². The van der Waals surface area contributed by atoms with Gasteiger partial charge < -0.3 is 4.90 Å². The lowest BCUT2D eigenvalue weighted by atomic mass is 10.2. The quantitative estimate of drug-likeness (QED) is 0.635. The van der Waals surface area contributed by atoms with Crippen molar-refractivity contribution in [2.45, 2.75) is 54.9 Å². The van der Waals surface area contributed by atoms with Crippen molar-refractivity contribution < 1.29 is 4.79 Å². The molecule has 0 aliphatic carbocycles. The second-order valence-electron chi connectivity index (χ2n) is 2.80. The zero-order valence-corrected chi connectivity index (χ0v) is 13.3. The van der Waals surface area contributed by atoms with Crippen LogP contribution in [0.15, 0.2) is 36.6 Å². The summed E-state index contributed by atoms with van der Waals surface area (Å²) in [5, 5.41) is 0. The third-order valence-electron chi connectivity index (χ3n) is 1.93. The summed E-state index contributed by atoms with van der Waals surface area (Å²) in [5.41, 5.74) is 0.930. The van der Waals surface area contributed by atoms with Crippen molar-refractivity contribution in [3.63, 3.8) is 0 Å². The average molecular weight is 253 g/mol. The first-order valence-corrected chi connectivity index (χ1v) is 6.96. The van der Waals surface area contributed by atoms with Gasteiger partial charge in [0.05, 0.1) is 0 Å². The van der Waals surface area contributed by atoms with Crippen LogP contribution >= 0.6 is 0 Å². The molecule has 0 atom stereocenters. The normalized spacial score (nSPS) is 9.83. The van der Waals surface area contributed by atoms with E-state index in [0.29, 0.717) is 13.0 Å². The monoisotopic (exact) mass is 253 g/mol. The molecule has 0 aliphatic heterocycles. The molecule has 0 N–H and O–H groups in total. The van der Waals surface area contributed by atoms with Crippen molar-refractivity contribution in [2.24, 2.45) is 0 Å². The van der Waals surface area contributed by atoms with Gasteiger partial charge in [0, 0.05) is 18.7 Å². The molecule has 0 aliphatic rings. The van der Waals surface area contributed by atoms with Crippen LogP contribution < -0.4 is 0 Å². The number of likely N-dealkylation sites (N-methyl/N-ethyl adjacent to an activating group) is 1. The van der Waals surface area contributed by atoms with Crippen molar-refractivity contribution in [3.8, 4) is 0 Å². The number of hydrogen-bond acceptors (Lipinski definition) is 1. The zero-order valence-electron chi connectivity index (χ0n) is 13.3. The second-order valence-corrected chi connectivity index (χ2v) is 2.80. The summed E-state index contributed by atoms with van der Waals surface area (Å²) < 4.78 is 0. The minimum Gasteiger partial charge on any atom is -0.313 e. The summed E-state index contributed by atoms with van der Waals surface area (Å²) >= 11 is 0. The minimum absolute atomic E-state index is 0.148. The molecule has 0 spiro atoms. The second kappa shape index (κ2) is 18.1. The van der Waals surface area contributed by atoms with E-state index in [-0.39, 0.29) is 5.91 Å². The Hall–Kier alpha value is -1.31. The van der Waals surface area contributed by atoms with Crippen LogP contribution in [0.5, 0.6) is 0 Å².